The number of pyridine rings is 1. The van der Waals surface area contributed by atoms with E-state index in [9.17, 15) is 4.79 Å². The molecule has 2 aromatic carbocycles. The Labute approximate surface area is 211 Å². The van der Waals surface area contributed by atoms with Crippen LogP contribution in [0, 0.1) is 0 Å². The quantitative estimate of drug-likeness (QED) is 0.333. The van der Waals surface area contributed by atoms with Crippen LogP contribution in [0.5, 0.6) is 0 Å². The molecule has 6 rings (SSSR count). The molecule has 1 atom stereocenters. The minimum Gasteiger partial charge on any atom is -0.375 e. The molecular formula is C26H24N8OS. The van der Waals surface area contributed by atoms with E-state index in [0.717, 1.165) is 57.6 Å². The molecule has 1 aliphatic rings. The molecule has 180 valence electrons. The molecule has 1 saturated heterocycles. The maximum absolute atomic E-state index is 13.1. The van der Waals surface area contributed by atoms with Crippen molar-refractivity contribution < 1.29 is 4.79 Å². The van der Waals surface area contributed by atoms with Gasteiger partial charge in [0.15, 0.2) is 5.13 Å². The number of anilines is 3. The van der Waals surface area contributed by atoms with Crippen molar-refractivity contribution in [1.82, 2.24) is 30.2 Å². The molecule has 4 N–H and O–H groups in total. The molecule has 36 heavy (non-hydrogen) atoms. The minimum absolute atomic E-state index is 0.118. The molecular weight excluding hydrogens is 472 g/mol. The molecule has 9 nitrogen and oxygen atoms in total. The Bertz CT molecular complexity index is 1600. The Kier molecular flexibility index (Phi) is 5.67. The zero-order chi connectivity index (χ0) is 24.6. The van der Waals surface area contributed by atoms with Crippen molar-refractivity contribution in [1.29, 1.82) is 0 Å². The Morgan fingerprint density at radius 1 is 1.11 bits per heavy atom. The second kappa shape index (κ2) is 9.14. The maximum atomic E-state index is 13.1. The summed E-state index contributed by atoms with van der Waals surface area (Å²) < 4.78 is 1.03. The Hall–Kier alpha value is -4.15. The van der Waals surface area contributed by atoms with Gasteiger partial charge in [-0.15, -0.1) is 0 Å². The van der Waals surface area contributed by atoms with Crippen LogP contribution in [0.4, 0.5) is 16.5 Å². The van der Waals surface area contributed by atoms with Gasteiger partial charge in [-0.25, -0.2) is 4.98 Å². The van der Waals surface area contributed by atoms with Crippen LogP contribution in [-0.2, 0) is 0 Å². The number of nitrogens with two attached hydrogens (primary N) is 1. The van der Waals surface area contributed by atoms with Crippen molar-refractivity contribution in [3.05, 3.63) is 66.7 Å². The molecule has 4 heterocycles. The second-order valence-corrected chi connectivity index (χ2v) is 10.0. The smallest absolute Gasteiger partial charge is 0.253 e. The van der Waals surface area contributed by atoms with Crippen molar-refractivity contribution >= 4 is 55.0 Å². The van der Waals surface area contributed by atoms with Crippen LogP contribution in [0.15, 0.2) is 61.2 Å². The van der Waals surface area contributed by atoms with Crippen LogP contribution >= 0.6 is 11.3 Å². The molecule has 0 radical (unpaired) electrons. The molecule has 1 aliphatic heterocycles. The molecule has 10 heteroatoms. The Morgan fingerprint density at radius 2 is 2.00 bits per heavy atom. The number of likely N-dealkylation sites (tertiary alicyclic amines) is 1. The van der Waals surface area contributed by atoms with Gasteiger partial charge in [0.25, 0.3) is 5.91 Å². The molecule has 0 aliphatic carbocycles. The maximum Gasteiger partial charge on any atom is 0.253 e. The van der Waals surface area contributed by atoms with Crippen molar-refractivity contribution in [3.63, 3.8) is 0 Å². The van der Waals surface area contributed by atoms with Crippen molar-refractivity contribution in [2.45, 2.75) is 12.5 Å². The molecule has 0 spiro atoms. The largest absolute Gasteiger partial charge is 0.375 e. The summed E-state index contributed by atoms with van der Waals surface area (Å²) in [6.45, 7) is 1.83. The van der Waals surface area contributed by atoms with Crippen LogP contribution in [0.25, 0.3) is 32.4 Å². The number of carbonyl (C=O) groups is 1. The highest BCUT2D eigenvalue weighted by atomic mass is 32.1. The number of nitrogen functional groups attached to an aromatic ring is 1. The third-order valence-corrected chi connectivity index (χ3v) is 7.23. The summed E-state index contributed by atoms with van der Waals surface area (Å²) >= 11 is 1.46. The van der Waals surface area contributed by atoms with E-state index < -0.39 is 0 Å². The first kappa shape index (κ1) is 22.3. The van der Waals surface area contributed by atoms with Gasteiger partial charge in [-0.2, -0.15) is 0 Å². The number of likely N-dealkylation sites (N-methyl/N-ethyl adjacent to an activating group) is 1. The summed E-state index contributed by atoms with van der Waals surface area (Å²) in [7, 11) is 2.06. The van der Waals surface area contributed by atoms with E-state index in [4.69, 9.17) is 5.73 Å². The fraction of sp³-hybridized carbons (Fsp3) is 0.192. The molecule has 1 unspecified atom stereocenters. The van der Waals surface area contributed by atoms with Gasteiger partial charge in [-0.05, 0) is 55.9 Å². The zero-order valence-electron chi connectivity index (χ0n) is 19.6. The van der Waals surface area contributed by atoms with Gasteiger partial charge < -0.3 is 21.3 Å². The second-order valence-electron chi connectivity index (χ2n) is 8.95. The van der Waals surface area contributed by atoms with E-state index in [1.807, 2.05) is 30.3 Å². The number of aromatic nitrogens is 4. The molecule has 1 amide bonds. The molecule has 5 aromatic rings. The Morgan fingerprint density at radius 3 is 2.86 bits per heavy atom. The van der Waals surface area contributed by atoms with Gasteiger partial charge in [0.05, 0.1) is 38.7 Å². The highest BCUT2D eigenvalue weighted by Gasteiger charge is 2.23. The summed E-state index contributed by atoms with van der Waals surface area (Å²) in [6.07, 6.45) is 7.59. The summed E-state index contributed by atoms with van der Waals surface area (Å²) in [6, 6.07) is 11.9. The SMILES string of the molecule is CN1CCC(NC(=O)c2ccncc2Nc2cc(-c3ccc4sc(N)nc4c3)c3nccnc3c2)C1. The van der Waals surface area contributed by atoms with E-state index in [1.54, 1.807) is 30.9 Å². The number of rotatable bonds is 5. The standard InChI is InChI=1S/C26H24N8OS/c1-34-9-5-16(14-34)32-25(35)18-4-6-28-13-22(18)31-17-11-19(24-21(12-17)29-7-8-30-24)15-2-3-23-20(10-15)33-26(27)36-23/h2-4,6-8,10-13,16,31H,5,9,14H2,1H3,(H2,27,33)(H,32,35). The lowest BCUT2D eigenvalue weighted by molar-refractivity contribution is 0.0939. The minimum atomic E-state index is -0.118. The van der Waals surface area contributed by atoms with E-state index >= 15 is 0 Å². The van der Waals surface area contributed by atoms with Gasteiger partial charge in [0.1, 0.15) is 0 Å². The highest BCUT2D eigenvalue weighted by molar-refractivity contribution is 7.22. The van der Waals surface area contributed by atoms with Crippen LogP contribution in [-0.4, -0.2) is 56.9 Å². The number of nitrogens with one attached hydrogen (secondary N) is 2. The fourth-order valence-electron chi connectivity index (χ4n) is 4.64. The first-order valence-electron chi connectivity index (χ1n) is 11.6. The monoisotopic (exact) mass is 496 g/mol. The number of fused-ring (bicyclic) bond motifs is 2. The number of hydrogen-bond acceptors (Lipinski definition) is 9. The number of amides is 1. The van der Waals surface area contributed by atoms with Gasteiger partial charge in [0, 0.05) is 42.4 Å². The number of hydrogen-bond donors (Lipinski definition) is 3. The van der Waals surface area contributed by atoms with Crippen molar-refractivity contribution in [2.75, 3.05) is 31.2 Å². The van der Waals surface area contributed by atoms with E-state index in [2.05, 4.69) is 42.5 Å². The van der Waals surface area contributed by atoms with Crippen molar-refractivity contribution in [2.24, 2.45) is 0 Å². The summed E-state index contributed by atoms with van der Waals surface area (Å²) in [5.41, 5.74) is 12.1. The van der Waals surface area contributed by atoms with Gasteiger partial charge in [-0.1, -0.05) is 17.4 Å². The van der Waals surface area contributed by atoms with Crippen LogP contribution in [0.2, 0.25) is 0 Å². The Balaban J connectivity index is 1.37. The summed E-state index contributed by atoms with van der Waals surface area (Å²) in [5.74, 6) is -0.118. The normalized spacial score (nSPS) is 16.0. The van der Waals surface area contributed by atoms with Crippen molar-refractivity contribution in [3.8, 4) is 11.1 Å². The highest BCUT2D eigenvalue weighted by Crippen LogP contribution is 2.34. The number of benzene rings is 2. The van der Waals surface area contributed by atoms with Crippen LogP contribution < -0.4 is 16.4 Å². The predicted octanol–water partition coefficient (Wildman–Crippen LogP) is 4.06. The predicted molar refractivity (Wildman–Crippen MR) is 143 cm³/mol. The fourth-order valence-corrected chi connectivity index (χ4v) is 5.36. The molecule has 3 aromatic heterocycles. The van der Waals surface area contributed by atoms with E-state index in [1.165, 1.54) is 11.3 Å². The molecule has 0 bridgehead atoms. The van der Waals surface area contributed by atoms with Gasteiger partial charge in [0.2, 0.25) is 0 Å². The molecule has 0 saturated carbocycles. The first-order valence-corrected chi connectivity index (χ1v) is 12.5. The number of thiazole rings is 1. The number of nitrogens with zero attached hydrogens (tertiary/aromatic N) is 5. The zero-order valence-corrected chi connectivity index (χ0v) is 20.4. The lowest BCUT2D eigenvalue weighted by Gasteiger charge is -2.16. The third-order valence-electron chi connectivity index (χ3n) is 6.36. The summed E-state index contributed by atoms with van der Waals surface area (Å²) in [5, 5.41) is 7.08. The van der Waals surface area contributed by atoms with E-state index in [0.29, 0.717) is 16.4 Å². The van der Waals surface area contributed by atoms with Crippen LogP contribution in [0.3, 0.4) is 0 Å². The lowest BCUT2D eigenvalue weighted by Crippen LogP contribution is -2.36. The average Bonchev–Trinajstić information content (AvgIpc) is 3.46. The average molecular weight is 497 g/mol. The molecule has 1 fully saturated rings. The van der Waals surface area contributed by atoms with E-state index in [-0.39, 0.29) is 11.9 Å². The van der Waals surface area contributed by atoms with Gasteiger partial charge >= 0.3 is 0 Å². The lowest BCUT2D eigenvalue weighted by atomic mass is 10.0. The number of carbonyl (C=O) groups excluding carboxylic acids is 1. The first-order chi connectivity index (χ1) is 17.5. The van der Waals surface area contributed by atoms with Crippen LogP contribution in [0.1, 0.15) is 16.8 Å². The van der Waals surface area contributed by atoms with Gasteiger partial charge in [-0.3, -0.25) is 19.7 Å². The third kappa shape index (κ3) is 4.32. The summed E-state index contributed by atoms with van der Waals surface area (Å²) in [4.78, 5) is 33.1. The topological polar surface area (TPSA) is 122 Å².